The Bertz CT molecular complexity index is 2660. The van der Waals surface area contributed by atoms with E-state index in [1.54, 1.807) is 84.9 Å². The Kier molecular flexibility index (Phi) is 8.32. The van der Waals surface area contributed by atoms with Crippen molar-refractivity contribution in [3.8, 4) is 55.6 Å². The van der Waals surface area contributed by atoms with Crippen LogP contribution in [0.5, 0.6) is 0 Å². The zero-order chi connectivity index (χ0) is 36.0. The lowest BCUT2D eigenvalue weighted by atomic mass is 9.86. The van der Waals surface area contributed by atoms with Crippen LogP contribution in [0.4, 0.5) is 0 Å². The highest BCUT2D eigenvalue weighted by Gasteiger charge is 2.32. The van der Waals surface area contributed by atoms with Crippen molar-refractivity contribution in [3.05, 3.63) is 170 Å². The van der Waals surface area contributed by atoms with Crippen LogP contribution in [0.3, 0.4) is 0 Å². The average molecular weight is 719 g/mol. The van der Waals surface area contributed by atoms with Crippen LogP contribution in [0.1, 0.15) is 0 Å². The Morgan fingerprint density at radius 2 is 0.635 bits per heavy atom. The predicted octanol–water partition coefficient (Wildman–Crippen LogP) is 10.8. The third-order valence-electron chi connectivity index (χ3n) is 9.33. The molecule has 0 radical (unpaired) electrons. The molecule has 0 spiro atoms. The number of fused-ring (bicyclic) bond motifs is 2. The molecule has 2 N–H and O–H groups in total. The molecule has 0 unspecified atom stereocenters. The molecule has 0 heterocycles. The van der Waals surface area contributed by atoms with Crippen LogP contribution >= 0.6 is 0 Å². The summed E-state index contributed by atoms with van der Waals surface area (Å²) in [5.41, 5.74) is 4.81. The van der Waals surface area contributed by atoms with Crippen molar-refractivity contribution in [2.45, 2.75) is 9.79 Å². The van der Waals surface area contributed by atoms with Crippen LogP contribution in [-0.2, 0) is 20.2 Å². The molecule has 8 aromatic carbocycles. The third-order valence-corrected chi connectivity index (χ3v) is 11.2. The maximum absolute atomic E-state index is 13.8. The summed E-state index contributed by atoms with van der Waals surface area (Å²) in [4.78, 5) is -0.940. The second-order valence-electron chi connectivity index (χ2n) is 12.5. The first-order valence-corrected chi connectivity index (χ1v) is 19.3. The summed E-state index contributed by atoms with van der Waals surface area (Å²) in [5.74, 6) is 0. The number of hydrogen-bond acceptors (Lipinski definition) is 4. The Labute approximate surface area is 301 Å². The summed E-state index contributed by atoms with van der Waals surface area (Å²) in [6.07, 6.45) is 0. The fraction of sp³-hybridized carbons (Fsp3) is 0. The van der Waals surface area contributed by atoms with Gasteiger partial charge in [-0.25, -0.2) is 0 Å². The van der Waals surface area contributed by atoms with Crippen molar-refractivity contribution < 1.29 is 25.9 Å². The molecule has 8 aromatic rings. The standard InChI is InChI=1S/C44H30O6S2/c45-51(46,47)43-39(31-17-9-3-10-18-31)27-35-25-33(29-13-5-1-6-14-29)21-23-37(35)41(43)42-38-24-22-34(30-15-7-2-8-16-30)26-36(38)28-40(44(42)52(48,49)50)32-19-11-4-12-20-32/h1-28H,(H,45,46,47)(H,48,49,50). The van der Waals surface area contributed by atoms with Gasteiger partial charge in [0.1, 0.15) is 9.79 Å². The van der Waals surface area contributed by atoms with Crippen molar-refractivity contribution >= 4 is 41.8 Å². The van der Waals surface area contributed by atoms with Crippen molar-refractivity contribution in [3.63, 3.8) is 0 Å². The summed E-state index contributed by atoms with van der Waals surface area (Å²) >= 11 is 0. The molecule has 0 aromatic heterocycles. The Balaban J connectivity index is 1.61. The average Bonchev–Trinajstić information content (AvgIpc) is 3.16. The summed E-state index contributed by atoms with van der Waals surface area (Å²) in [6.45, 7) is 0. The number of hydrogen-bond donors (Lipinski definition) is 2. The van der Waals surface area contributed by atoms with Crippen LogP contribution < -0.4 is 0 Å². The minimum absolute atomic E-state index is 0.0404. The van der Waals surface area contributed by atoms with Gasteiger partial charge in [0, 0.05) is 22.3 Å². The largest absolute Gasteiger partial charge is 0.295 e. The normalized spacial score (nSPS) is 12.0. The van der Waals surface area contributed by atoms with Gasteiger partial charge < -0.3 is 0 Å². The molecular weight excluding hydrogens is 689 g/mol. The van der Waals surface area contributed by atoms with E-state index in [0.29, 0.717) is 32.7 Å². The predicted molar refractivity (Wildman–Crippen MR) is 208 cm³/mol. The lowest BCUT2D eigenvalue weighted by Crippen LogP contribution is -2.09. The van der Waals surface area contributed by atoms with E-state index in [0.717, 1.165) is 22.3 Å². The molecule has 0 aliphatic rings. The third kappa shape index (κ3) is 6.08. The second kappa shape index (κ2) is 13.0. The Morgan fingerprint density at radius 3 is 0.942 bits per heavy atom. The lowest BCUT2D eigenvalue weighted by Gasteiger charge is -2.22. The molecule has 254 valence electrons. The SMILES string of the molecule is O=S(=O)(O)c1c(-c2ccccc2)cc2cc(-c3ccccc3)ccc2c1-c1c(S(=O)(=O)O)c(-c2ccccc2)cc2cc(-c3ccccc3)ccc12. The van der Waals surface area contributed by atoms with Gasteiger partial charge in [-0.3, -0.25) is 9.11 Å². The minimum atomic E-state index is -5.05. The van der Waals surface area contributed by atoms with E-state index >= 15 is 0 Å². The van der Waals surface area contributed by atoms with E-state index in [2.05, 4.69) is 0 Å². The highest BCUT2D eigenvalue weighted by Crippen LogP contribution is 2.49. The van der Waals surface area contributed by atoms with Gasteiger partial charge in [-0.15, -0.1) is 0 Å². The first kappa shape index (κ1) is 33.3. The van der Waals surface area contributed by atoms with E-state index in [4.69, 9.17) is 0 Å². The molecule has 0 saturated carbocycles. The topological polar surface area (TPSA) is 109 Å². The summed E-state index contributed by atoms with van der Waals surface area (Å²) < 4.78 is 77.5. The summed E-state index contributed by atoms with van der Waals surface area (Å²) in [6, 6.07) is 51.3. The van der Waals surface area contributed by atoms with Gasteiger partial charge in [0.05, 0.1) is 0 Å². The van der Waals surface area contributed by atoms with E-state index in [1.807, 2.05) is 84.9 Å². The molecule has 52 heavy (non-hydrogen) atoms. The molecule has 0 saturated heterocycles. The van der Waals surface area contributed by atoms with Crippen LogP contribution in [0.15, 0.2) is 180 Å². The van der Waals surface area contributed by atoms with Gasteiger partial charge in [-0.05, 0) is 79.2 Å². The number of rotatable bonds is 7. The first-order chi connectivity index (χ1) is 25.1. The molecule has 0 aliphatic heterocycles. The van der Waals surface area contributed by atoms with Gasteiger partial charge in [0.25, 0.3) is 20.2 Å². The van der Waals surface area contributed by atoms with Crippen molar-refractivity contribution in [1.82, 2.24) is 0 Å². The van der Waals surface area contributed by atoms with Crippen LogP contribution in [-0.4, -0.2) is 25.9 Å². The molecule has 8 heteroatoms. The van der Waals surface area contributed by atoms with E-state index in [9.17, 15) is 25.9 Å². The van der Waals surface area contributed by atoms with Gasteiger partial charge >= 0.3 is 0 Å². The van der Waals surface area contributed by atoms with Crippen molar-refractivity contribution in [1.29, 1.82) is 0 Å². The minimum Gasteiger partial charge on any atom is -0.282 e. The molecule has 0 bridgehead atoms. The van der Waals surface area contributed by atoms with Gasteiger partial charge in [0.15, 0.2) is 0 Å². The molecule has 0 atom stereocenters. The first-order valence-electron chi connectivity index (χ1n) is 16.5. The van der Waals surface area contributed by atoms with Crippen molar-refractivity contribution in [2.75, 3.05) is 0 Å². The maximum Gasteiger partial charge on any atom is 0.295 e. The monoisotopic (exact) mass is 718 g/mol. The summed E-state index contributed by atoms with van der Waals surface area (Å²) in [7, 11) is -10.1. The fourth-order valence-corrected chi connectivity index (χ4v) is 8.94. The fourth-order valence-electron chi connectivity index (χ4n) is 7.09. The van der Waals surface area contributed by atoms with Gasteiger partial charge in [0.2, 0.25) is 0 Å². The molecule has 8 rings (SSSR count). The van der Waals surface area contributed by atoms with Crippen LogP contribution in [0, 0.1) is 0 Å². The maximum atomic E-state index is 13.8. The van der Waals surface area contributed by atoms with Crippen molar-refractivity contribution in [2.24, 2.45) is 0 Å². The molecule has 6 nitrogen and oxygen atoms in total. The number of benzene rings is 8. The quantitative estimate of drug-likeness (QED) is 0.159. The van der Waals surface area contributed by atoms with Gasteiger partial charge in [-0.1, -0.05) is 146 Å². The summed E-state index contributed by atoms with van der Waals surface area (Å²) in [5, 5.41) is 1.94. The van der Waals surface area contributed by atoms with E-state index in [1.165, 1.54) is 0 Å². The van der Waals surface area contributed by atoms with Gasteiger partial charge in [-0.2, -0.15) is 16.8 Å². The second-order valence-corrected chi connectivity index (χ2v) is 15.3. The molecular formula is C44H30O6S2. The zero-order valence-electron chi connectivity index (χ0n) is 27.5. The zero-order valence-corrected chi connectivity index (χ0v) is 29.1. The highest BCUT2D eigenvalue weighted by atomic mass is 32.2. The van der Waals surface area contributed by atoms with E-state index in [-0.39, 0.29) is 22.3 Å². The Morgan fingerprint density at radius 1 is 0.327 bits per heavy atom. The smallest absolute Gasteiger partial charge is 0.282 e. The molecule has 0 aliphatic carbocycles. The molecule has 0 fully saturated rings. The lowest BCUT2D eigenvalue weighted by molar-refractivity contribution is 0.480. The van der Waals surface area contributed by atoms with Crippen LogP contribution in [0.2, 0.25) is 0 Å². The molecule has 0 amide bonds. The van der Waals surface area contributed by atoms with E-state index < -0.39 is 30.0 Å². The van der Waals surface area contributed by atoms with Crippen LogP contribution in [0.25, 0.3) is 77.2 Å². The highest BCUT2D eigenvalue weighted by molar-refractivity contribution is 7.86. The Hall–Kier alpha value is -5.90.